The molecule has 240 valence electrons. The summed E-state index contributed by atoms with van der Waals surface area (Å²) in [7, 11) is 0. The van der Waals surface area contributed by atoms with E-state index in [0.717, 1.165) is 22.6 Å². The first kappa shape index (κ1) is 28.0. The molecule has 0 unspecified atom stereocenters. The summed E-state index contributed by atoms with van der Waals surface area (Å²) < 4.78 is 6.79. The van der Waals surface area contributed by atoms with Gasteiger partial charge in [-0.15, -0.1) is 0 Å². The van der Waals surface area contributed by atoms with Gasteiger partial charge in [0.2, 0.25) is 0 Å². The molecule has 52 heavy (non-hydrogen) atoms. The van der Waals surface area contributed by atoms with Crippen LogP contribution in [0.2, 0.25) is 0 Å². The van der Waals surface area contributed by atoms with Crippen molar-refractivity contribution < 1.29 is 4.74 Å². The summed E-state index contributed by atoms with van der Waals surface area (Å²) in [5.74, 6) is 1.83. The summed E-state index contributed by atoms with van der Waals surface area (Å²) in [6, 6.07) is 67.2. The van der Waals surface area contributed by atoms with E-state index in [9.17, 15) is 0 Å². The van der Waals surface area contributed by atoms with E-state index in [1.807, 2.05) is 0 Å². The smallest absolute Gasteiger partial charge is 0.143 e. The number of benzene rings is 9. The van der Waals surface area contributed by atoms with Crippen LogP contribution in [0, 0.1) is 0 Å². The number of hydrogen-bond acceptors (Lipinski definition) is 1. The van der Waals surface area contributed by atoms with E-state index in [1.165, 1.54) is 88.3 Å². The van der Waals surface area contributed by atoms with Crippen LogP contribution < -0.4 is 4.74 Å². The van der Waals surface area contributed by atoms with Crippen molar-refractivity contribution in [3.8, 4) is 67.1 Å². The van der Waals surface area contributed by atoms with E-state index >= 15 is 0 Å². The van der Waals surface area contributed by atoms with E-state index in [-0.39, 0.29) is 5.41 Å². The first-order valence-electron chi connectivity index (χ1n) is 18.1. The zero-order chi connectivity index (χ0) is 34.0. The molecule has 1 heteroatoms. The minimum Gasteiger partial charge on any atom is -0.455 e. The Morgan fingerprint density at radius 1 is 0.327 bits per heavy atom. The molecular weight excluding hydrogens is 629 g/mol. The second-order valence-corrected chi connectivity index (χ2v) is 14.3. The Hall–Kier alpha value is -6.70. The van der Waals surface area contributed by atoms with Gasteiger partial charge in [-0.05, 0) is 95.1 Å². The standard InChI is InChI=1S/C51H30O/c1-2-15-35-34(14-1)33(28-29-36(35)42-20-11-21-43-41-19-9-12-31-13-10-25-48(49(31)41)52-50(42)43)32-26-27-40-39-18-5-8-24-46(39)51(47(40)30-32)44-22-6-3-16-37(44)38-17-4-7-23-45(38)51/h1-30H. The Bertz CT molecular complexity index is 2930. The molecule has 0 bridgehead atoms. The largest absolute Gasteiger partial charge is 0.455 e. The van der Waals surface area contributed by atoms with Crippen LogP contribution in [0.1, 0.15) is 22.3 Å². The molecule has 0 amide bonds. The first-order valence-corrected chi connectivity index (χ1v) is 18.1. The number of hydrogen-bond donors (Lipinski definition) is 0. The lowest BCUT2D eigenvalue weighted by atomic mass is 9.70. The van der Waals surface area contributed by atoms with Crippen molar-refractivity contribution >= 4 is 21.5 Å². The van der Waals surface area contributed by atoms with Gasteiger partial charge in [0.15, 0.2) is 0 Å². The number of fused-ring (bicyclic) bond motifs is 13. The molecule has 2 aliphatic carbocycles. The molecule has 1 heterocycles. The minimum atomic E-state index is -0.371. The monoisotopic (exact) mass is 658 g/mol. The second-order valence-electron chi connectivity index (χ2n) is 14.3. The lowest BCUT2D eigenvalue weighted by Gasteiger charge is -2.30. The SMILES string of the molecule is c1ccc2c(c1)-c1ccccc1C21c2ccccc2-c2ccc(-c3ccc(-c4cccc5c4Oc4cccc6cccc-5c46)c4ccccc34)cc21. The van der Waals surface area contributed by atoms with E-state index in [4.69, 9.17) is 4.74 Å². The molecule has 1 aliphatic heterocycles. The fourth-order valence-corrected chi connectivity index (χ4v) is 9.85. The van der Waals surface area contributed by atoms with Crippen molar-refractivity contribution in [3.63, 3.8) is 0 Å². The van der Waals surface area contributed by atoms with Crippen molar-refractivity contribution in [3.05, 3.63) is 204 Å². The first-order chi connectivity index (χ1) is 25.8. The fraction of sp³-hybridized carbons (Fsp3) is 0.0196. The highest BCUT2D eigenvalue weighted by molar-refractivity contribution is 6.10. The summed E-state index contributed by atoms with van der Waals surface area (Å²) in [5.41, 5.74) is 17.5. The number of rotatable bonds is 2. The van der Waals surface area contributed by atoms with E-state index in [0.29, 0.717) is 0 Å². The van der Waals surface area contributed by atoms with Gasteiger partial charge in [0.25, 0.3) is 0 Å². The van der Waals surface area contributed by atoms with E-state index < -0.39 is 0 Å². The van der Waals surface area contributed by atoms with Crippen LogP contribution in [-0.2, 0) is 5.41 Å². The summed E-state index contributed by atoms with van der Waals surface area (Å²) in [5, 5.41) is 4.82. The molecular formula is C51H30O. The molecule has 0 aromatic heterocycles. The summed E-state index contributed by atoms with van der Waals surface area (Å²) >= 11 is 0. The molecule has 1 spiro atoms. The molecule has 0 atom stereocenters. The van der Waals surface area contributed by atoms with E-state index in [2.05, 4.69) is 182 Å². The third-order valence-electron chi connectivity index (χ3n) is 11.9. The molecule has 3 aliphatic rings. The van der Waals surface area contributed by atoms with Crippen LogP contribution in [0.4, 0.5) is 0 Å². The van der Waals surface area contributed by atoms with Crippen LogP contribution in [0.15, 0.2) is 182 Å². The zero-order valence-corrected chi connectivity index (χ0v) is 28.2. The van der Waals surface area contributed by atoms with Gasteiger partial charge in [-0.2, -0.15) is 0 Å². The molecule has 0 saturated carbocycles. The maximum absolute atomic E-state index is 6.79. The van der Waals surface area contributed by atoms with Crippen molar-refractivity contribution in [1.82, 2.24) is 0 Å². The third kappa shape index (κ3) is 3.48. The fourth-order valence-electron chi connectivity index (χ4n) is 9.85. The van der Waals surface area contributed by atoms with Crippen LogP contribution in [-0.4, -0.2) is 0 Å². The van der Waals surface area contributed by atoms with Crippen molar-refractivity contribution in [2.45, 2.75) is 5.41 Å². The van der Waals surface area contributed by atoms with Gasteiger partial charge in [0, 0.05) is 16.5 Å². The van der Waals surface area contributed by atoms with Crippen LogP contribution in [0.3, 0.4) is 0 Å². The lowest BCUT2D eigenvalue weighted by Crippen LogP contribution is -2.25. The predicted molar refractivity (Wildman–Crippen MR) is 214 cm³/mol. The quantitative estimate of drug-likeness (QED) is 0.180. The highest BCUT2D eigenvalue weighted by atomic mass is 16.5. The van der Waals surface area contributed by atoms with Crippen LogP contribution >= 0.6 is 0 Å². The summed E-state index contributed by atoms with van der Waals surface area (Å²) in [6.07, 6.45) is 0. The number of ether oxygens (including phenoxy) is 1. The molecule has 0 fully saturated rings. The molecule has 0 saturated heterocycles. The maximum Gasteiger partial charge on any atom is 0.143 e. The Morgan fingerprint density at radius 3 is 1.50 bits per heavy atom. The normalized spacial score (nSPS) is 13.7. The van der Waals surface area contributed by atoms with Gasteiger partial charge in [-0.3, -0.25) is 0 Å². The highest BCUT2D eigenvalue weighted by Crippen LogP contribution is 2.63. The summed E-state index contributed by atoms with van der Waals surface area (Å²) in [4.78, 5) is 0. The van der Waals surface area contributed by atoms with Crippen molar-refractivity contribution in [1.29, 1.82) is 0 Å². The zero-order valence-electron chi connectivity index (χ0n) is 28.2. The molecule has 1 nitrogen and oxygen atoms in total. The molecule has 0 radical (unpaired) electrons. The van der Waals surface area contributed by atoms with Gasteiger partial charge < -0.3 is 4.74 Å². The molecule has 0 N–H and O–H groups in total. The number of para-hydroxylation sites is 1. The Kier molecular flexibility index (Phi) is 5.49. The van der Waals surface area contributed by atoms with Crippen molar-refractivity contribution in [2.75, 3.05) is 0 Å². The predicted octanol–water partition coefficient (Wildman–Crippen LogP) is 13.4. The lowest BCUT2D eigenvalue weighted by molar-refractivity contribution is 0.489. The van der Waals surface area contributed by atoms with Crippen molar-refractivity contribution in [2.24, 2.45) is 0 Å². The summed E-state index contributed by atoms with van der Waals surface area (Å²) in [6.45, 7) is 0. The highest BCUT2D eigenvalue weighted by Gasteiger charge is 2.51. The average Bonchev–Trinajstić information content (AvgIpc) is 3.68. The maximum atomic E-state index is 6.79. The second kappa shape index (κ2) is 10.2. The van der Waals surface area contributed by atoms with Gasteiger partial charge in [-0.1, -0.05) is 170 Å². The van der Waals surface area contributed by atoms with Gasteiger partial charge >= 0.3 is 0 Å². The van der Waals surface area contributed by atoms with Crippen LogP contribution in [0.5, 0.6) is 11.5 Å². The average molecular weight is 659 g/mol. The molecule has 9 aromatic carbocycles. The minimum absolute atomic E-state index is 0.371. The molecule has 12 rings (SSSR count). The van der Waals surface area contributed by atoms with Gasteiger partial charge in [0.1, 0.15) is 11.5 Å². The van der Waals surface area contributed by atoms with E-state index in [1.54, 1.807) is 0 Å². The van der Waals surface area contributed by atoms with Gasteiger partial charge in [0.05, 0.1) is 5.41 Å². The topological polar surface area (TPSA) is 9.23 Å². The Morgan fingerprint density at radius 2 is 0.808 bits per heavy atom. The van der Waals surface area contributed by atoms with Crippen LogP contribution in [0.25, 0.3) is 77.2 Å². The Labute approximate surface area is 302 Å². The van der Waals surface area contributed by atoms with Gasteiger partial charge in [-0.25, -0.2) is 0 Å². The Balaban J connectivity index is 1.08. The molecule has 9 aromatic rings. The third-order valence-corrected chi connectivity index (χ3v) is 11.9.